The minimum Gasteiger partial charge on any atom is -0.496 e. The maximum atomic E-state index is 11.3. The molecule has 1 aromatic rings. The first-order chi connectivity index (χ1) is 8.85. The van der Waals surface area contributed by atoms with E-state index in [9.17, 15) is 9.90 Å². The summed E-state index contributed by atoms with van der Waals surface area (Å²) >= 11 is 1.68. The fourth-order valence-corrected chi connectivity index (χ4v) is 2.72. The van der Waals surface area contributed by atoms with E-state index in [1.807, 2.05) is 12.3 Å². The van der Waals surface area contributed by atoms with Crippen LogP contribution in [0.5, 0.6) is 5.75 Å². The average molecular weight is 282 g/mol. The molecule has 0 saturated heterocycles. The molecule has 1 aromatic carbocycles. The average Bonchev–Trinajstić information content (AvgIpc) is 2.37. The minimum atomic E-state index is -0.795. The summed E-state index contributed by atoms with van der Waals surface area (Å²) in [6.45, 7) is 5.58. The Balaban J connectivity index is 3.23. The van der Waals surface area contributed by atoms with Crippen molar-refractivity contribution in [2.24, 2.45) is 5.41 Å². The third kappa shape index (κ3) is 3.66. The largest absolute Gasteiger partial charge is 0.496 e. The number of thioether (sulfide) groups is 1. The molecule has 0 atom stereocenters. The lowest BCUT2D eigenvalue weighted by atomic mass is 9.85. The van der Waals surface area contributed by atoms with Crippen LogP contribution in [0.4, 0.5) is 0 Å². The quantitative estimate of drug-likeness (QED) is 0.809. The number of methoxy groups -OCH3 is 1. The van der Waals surface area contributed by atoms with Crippen LogP contribution in [0.1, 0.15) is 31.9 Å². The summed E-state index contributed by atoms with van der Waals surface area (Å²) in [6, 6.07) is 4.09. The Morgan fingerprint density at radius 1 is 1.37 bits per heavy atom. The van der Waals surface area contributed by atoms with Gasteiger partial charge in [-0.1, -0.05) is 6.92 Å². The van der Waals surface area contributed by atoms with Crippen LogP contribution in [0.25, 0.3) is 0 Å². The van der Waals surface area contributed by atoms with Crippen molar-refractivity contribution in [3.05, 3.63) is 23.3 Å². The predicted octanol–water partition coefficient (Wildman–Crippen LogP) is 3.63. The van der Waals surface area contributed by atoms with E-state index in [0.717, 1.165) is 17.7 Å². The SMILES string of the molecule is CCc1cc(OC)c(CC(C)(C)C(=O)O)cc1SC. The van der Waals surface area contributed by atoms with Crippen LogP contribution >= 0.6 is 11.8 Å². The summed E-state index contributed by atoms with van der Waals surface area (Å²) in [6.07, 6.45) is 3.44. The molecule has 106 valence electrons. The van der Waals surface area contributed by atoms with E-state index >= 15 is 0 Å². The maximum absolute atomic E-state index is 11.3. The fraction of sp³-hybridized carbons (Fsp3) is 0.533. The van der Waals surface area contributed by atoms with Crippen molar-refractivity contribution < 1.29 is 14.6 Å². The summed E-state index contributed by atoms with van der Waals surface area (Å²) in [5.41, 5.74) is 1.40. The molecule has 0 aromatic heterocycles. The van der Waals surface area contributed by atoms with Crippen LogP contribution in [0.3, 0.4) is 0 Å². The van der Waals surface area contributed by atoms with E-state index in [1.54, 1.807) is 32.7 Å². The summed E-state index contributed by atoms with van der Waals surface area (Å²) in [5.74, 6) is -0.0104. The lowest BCUT2D eigenvalue weighted by Crippen LogP contribution is -2.26. The van der Waals surface area contributed by atoms with Gasteiger partial charge in [0.25, 0.3) is 0 Å². The number of carbonyl (C=O) groups is 1. The molecule has 0 saturated carbocycles. The third-order valence-corrected chi connectivity index (χ3v) is 4.10. The molecule has 3 nitrogen and oxygen atoms in total. The Hall–Kier alpha value is -1.16. The number of ether oxygens (including phenoxy) is 1. The lowest BCUT2D eigenvalue weighted by Gasteiger charge is -2.22. The van der Waals surface area contributed by atoms with Crippen LogP contribution in [-0.4, -0.2) is 24.4 Å². The lowest BCUT2D eigenvalue weighted by molar-refractivity contribution is -0.146. The van der Waals surface area contributed by atoms with Crippen LogP contribution in [0.2, 0.25) is 0 Å². The van der Waals surface area contributed by atoms with Gasteiger partial charge in [-0.15, -0.1) is 11.8 Å². The molecule has 4 heteroatoms. The number of hydrogen-bond acceptors (Lipinski definition) is 3. The number of benzene rings is 1. The highest BCUT2D eigenvalue weighted by Crippen LogP contribution is 2.33. The van der Waals surface area contributed by atoms with Gasteiger partial charge in [0.05, 0.1) is 12.5 Å². The van der Waals surface area contributed by atoms with E-state index in [1.165, 1.54) is 10.5 Å². The standard InChI is InChI=1S/C15H22O3S/c1-6-10-7-12(18-4)11(8-13(10)19-5)9-15(2,3)14(16)17/h7-8H,6,9H2,1-5H3,(H,16,17). The molecular weight excluding hydrogens is 260 g/mol. The zero-order valence-electron chi connectivity index (χ0n) is 12.2. The highest BCUT2D eigenvalue weighted by molar-refractivity contribution is 7.98. The van der Waals surface area contributed by atoms with Gasteiger partial charge in [-0.3, -0.25) is 4.79 Å². The minimum absolute atomic E-state index is 0.461. The number of aliphatic carboxylic acids is 1. The van der Waals surface area contributed by atoms with E-state index < -0.39 is 11.4 Å². The number of aryl methyl sites for hydroxylation is 1. The molecule has 0 unspecified atom stereocenters. The molecule has 0 aliphatic carbocycles. The van der Waals surface area contributed by atoms with Gasteiger partial charge in [-0.2, -0.15) is 0 Å². The molecule has 1 rings (SSSR count). The second-order valence-electron chi connectivity index (χ2n) is 5.20. The third-order valence-electron chi connectivity index (χ3n) is 3.28. The first kappa shape index (κ1) is 15.9. The van der Waals surface area contributed by atoms with Gasteiger partial charge in [0.1, 0.15) is 5.75 Å². The Morgan fingerprint density at radius 2 is 2.00 bits per heavy atom. The van der Waals surface area contributed by atoms with Crippen LogP contribution in [0, 0.1) is 5.41 Å². The molecule has 0 amide bonds. The molecule has 0 heterocycles. The number of carboxylic acids is 1. The molecule has 0 fully saturated rings. The maximum Gasteiger partial charge on any atom is 0.309 e. The second-order valence-corrected chi connectivity index (χ2v) is 6.04. The van der Waals surface area contributed by atoms with Crippen molar-refractivity contribution in [3.8, 4) is 5.75 Å². The molecule has 19 heavy (non-hydrogen) atoms. The molecule has 0 aliphatic rings. The number of carboxylic acid groups (broad SMARTS) is 1. The van der Waals surface area contributed by atoms with Crippen molar-refractivity contribution >= 4 is 17.7 Å². The summed E-state index contributed by atoms with van der Waals surface area (Å²) in [4.78, 5) is 12.5. The van der Waals surface area contributed by atoms with Crippen molar-refractivity contribution in [1.82, 2.24) is 0 Å². The summed E-state index contributed by atoms with van der Waals surface area (Å²) < 4.78 is 5.41. The second kappa shape index (κ2) is 6.33. The monoisotopic (exact) mass is 282 g/mol. The zero-order valence-corrected chi connectivity index (χ0v) is 13.1. The van der Waals surface area contributed by atoms with Crippen LogP contribution in [-0.2, 0) is 17.6 Å². The highest BCUT2D eigenvalue weighted by atomic mass is 32.2. The molecule has 0 aliphatic heterocycles. The Bertz CT molecular complexity index is 467. The topological polar surface area (TPSA) is 46.5 Å². The van der Waals surface area contributed by atoms with E-state index in [2.05, 4.69) is 13.0 Å². The van der Waals surface area contributed by atoms with Crippen molar-refractivity contribution in [1.29, 1.82) is 0 Å². The summed E-state index contributed by atoms with van der Waals surface area (Å²) in [7, 11) is 1.63. The van der Waals surface area contributed by atoms with Crippen molar-refractivity contribution in [2.45, 2.75) is 38.5 Å². The van der Waals surface area contributed by atoms with Crippen LogP contribution < -0.4 is 4.74 Å². The van der Waals surface area contributed by atoms with E-state index in [0.29, 0.717) is 6.42 Å². The Morgan fingerprint density at radius 3 is 2.42 bits per heavy atom. The highest BCUT2D eigenvalue weighted by Gasteiger charge is 2.29. The Labute approximate surface area is 119 Å². The fourth-order valence-electron chi connectivity index (χ4n) is 1.99. The first-order valence-corrected chi connectivity index (χ1v) is 7.55. The smallest absolute Gasteiger partial charge is 0.309 e. The number of hydrogen-bond donors (Lipinski definition) is 1. The van der Waals surface area contributed by atoms with E-state index in [4.69, 9.17) is 4.74 Å². The Kier molecular flexibility index (Phi) is 5.29. The molecular formula is C15H22O3S. The predicted molar refractivity (Wildman–Crippen MR) is 79.3 cm³/mol. The van der Waals surface area contributed by atoms with Gasteiger partial charge >= 0.3 is 5.97 Å². The van der Waals surface area contributed by atoms with Gasteiger partial charge in [-0.25, -0.2) is 0 Å². The van der Waals surface area contributed by atoms with Crippen molar-refractivity contribution in [2.75, 3.05) is 13.4 Å². The van der Waals surface area contributed by atoms with Gasteiger partial charge in [-0.05, 0) is 56.2 Å². The number of rotatable bonds is 6. The molecule has 0 spiro atoms. The summed E-state index contributed by atoms with van der Waals surface area (Å²) in [5, 5.41) is 9.25. The zero-order chi connectivity index (χ0) is 14.6. The van der Waals surface area contributed by atoms with Gasteiger partial charge < -0.3 is 9.84 Å². The van der Waals surface area contributed by atoms with E-state index in [-0.39, 0.29) is 0 Å². The van der Waals surface area contributed by atoms with Gasteiger partial charge in [0, 0.05) is 4.90 Å². The molecule has 0 bridgehead atoms. The van der Waals surface area contributed by atoms with Crippen LogP contribution in [0.15, 0.2) is 17.0 Å². The van der Waals surface area contributed by atoms with Gasteiger partial charge in [0.15, 0.2) is 0 Å². The first-order valence-electron chi connectivity index (χ1n) is 6.32. The van der Waals surface area contributed by atoms with Gasteiger partial charge in [0.2, 0.25) is 0 Å². The molecule has 1 N–H and O–H groups in total. The normalized spacial score (nSPS) is 11.4. The van der Waals surface area contributed by atoms with Crippen molar-refractivity contribution in [3.63, 3.8) is 0 Å². The molecule has 0 radical (unpaired) electrons.